The van der Waals surface area contributed by atoms with Gasteiger partial charge in [0.15, 0.2) is 0 Å². The Bertz CT molecular complexity index is 513. The molecule has 0 saturated carbocycles. The highest BCUT2D eigenvalue weighted by Gasteiger charge is 2.45. The second-order valence-corrected chi connectivity index (χ2v) is 7.42. The Morgan fingerprint density at radius 3 is 2.52 bits per heavy atom. The van der Waals surface area contributed by atoms with E-state index in [4.69, 9.17) is 4.74 Å². The largest absolute Gasteiger partial charge is 0.457 e. The van der Waals surface area contributed by atoms with Gasteiger partial charge < -0.3 is 4.74 Å². The second kappa shape index (κ2) is 5.82. The molecular weight excluding hydrogens is 260 g/mol. The van der Waals surface area contributed by atoms with E-state index in [1.807, 2.05) is 13.0 Å². The molecule has 1 aliphatic carbocycles. The third-order valence-corrected chi connectivity index (χ3v) is 5.38. The number of benzene rings is 1. The van der Waals surface area contributed by atoms with Crippen LogP contribution in [0.25, 0.3) is 0 Å². The van der Waals surface area contributed by atoms with E-state index in [2.05, 4.69) is 45.9 Å². The SMILES string of the molecule is CCC(C)(C(=O)OC1CCCc2ccccc21)C(C)(C)C. The lowest BCUT2D eigenvalue weighted by Gasteiger charge is -2.40. The van der Waals surface area contributed by atoms with Gasteiger partial charge in [0, 0.05) is 0 Å². The monoisotopic (exact) mass is 288 g/mol. The van der Waals surface area contributed by atoms with Crippen molar-refractivity contribution in [2.24, 2.45) is 10.8 Å². The van der Waals surface area contributed by atoms with Crippen molar-refractivity contribution in [3.05, 3.63) is 35.4 Å². The fourth-order valence-electron chi connectivity index (χ4n) is 3.07. The molecule has 116 valence electrons. The number of hydrogen-bond acceptors (Lipinski definition) is 2. The van der Waals surface area contributed by atoms with Crippen molar-refractivity contribution < 1.29 is 9.53 Å². The average Bonchev–Trinajstić information content (AvgIpc) is 2.45. The van der Waals surface area contributed by atoms with Crippen LogP contribution in [0.5, 0.6) is 0 Å². The molecule has 0 aromatic heterocycles. The Balaban J connectivity index is 2.21. The fraction of sp³-hybridized carbons (Fsp3) is 0.632. The molecule has 0 radical (unpaired) electrons. The molecule has 0 bridgehead atoms. The first kappa shape index (κ1) is 16.1. The smallest absolute Gasteiger partial charge is 0.312 e. The van der Waals surface area contributed by atoms with Gasteiger partial charge in [0.1, 0.15) is 6.10 Å². The molecule has 2 heteroatoms. The molecular formula is C19H28O2. The van der Waals surface area contributed by atoms with E-state index >= 15 is 0 Å². The highest BCUT2D eigenvalue weighted by atomic mass is 16.5. The summed E-state index contributed by atoms with van der Waals surface area (Å²) in [5, 5.41) is 0. The van der Waals surface area contributed by atoms with Crippen molar-refractivity contribution in [3.63, 3.8) is 0 Å². The zero-order chi connectivity index (χ0) is 15.7. The Labute approximate surface area is 128 Å². The van der Waals surface area contributed by atoms with Crippen molar-refractivity contribution in [2.45, 2.75) is 66.4 Å². The van der Waals surface area contributed by atoms with E-state index in [-0.39, 0.29) is 17.5 Å². The maximum absolute atomic E-state index is 12.8. The van der Waals surface area contributed by atoms with E-state index in [1.54, 1.807) is 0 Å². The van der Waals surface area contributed by atoms with Crippen molar-refractivity contribution in [2.75, 3.05) is 0 Å². The molecule has 2 rings (SSSR count). The lowest BCUT2D eigenvalue weighted by molar-refractivity contribution is -0.169. The van der Waals surface area contributed by atoms with E-state index in [0.29, 0.717) is 0 Å². The van der Waals surface area contributed by atoms with Crippen LogP contribution in [0.2, 0.25) is 0 Å². The molecule has 0 amide bonds. The first-order chi connectivity index (χ1) is 9.79. The molecule has 1 aromatic rings. The number of aryl methyl sites for hydroxylation is 1. The van der Waals surface area contributed by atoms with E-state index in [9.17, 15) is 4.79 Å². The standard InChI is InChI=1S/C19H28O2/c1-6-19(5,18(2,3)4)17(20)21-16-13-9-11-14-10-7-8-12-15(14)16/h7-8,10,12,16H,6,9,11,13H2,1-5H3. The number of carbonyl (C=O) groups is 1. The summed E-state index contributed by atoms with van der Waals surface area (Å²) < 4.78 is 5.96. The van der Waals surface area contributed by atoms with Crippen LogP contribution in [-0.2, 0) is 16.0 Å². The quantitative estimate of drug-likeness (QED) is 0.726. The lowest BCUT2D eigenvalue weighted by atomic mass is 9.66. The summed E-state index contributed by atoms with van der Waals surface area (Å²) in [5.41, 5.74) is 1.98. The number of carbonyl (C=O) groups excluding carboxylic acids is 1. The normalized spacial score (nSPS) is 21.3. The van der Waals surface area contributed by atoms with Crippen LogP contribution < -0.4 is 0 Å². The van der Waals surface area contributed by atoms with Crippen LogP contribution in [0.1, 0.15) is 71.1 Å². The Kier molecular flexibility index (Phi) is 4.46. The van der Waals surface area contributed by atoms with Gasteiger partial charge in [0.05, 0.1) is 5.41 Å². The Morgan fingerprint density at radius 2 is 1.90 bits per heavy atom. The third-order valence-electron chi connectivity index (χ3n) is 5.38. The minimum absolute atomic E-state index is 0.0563. The van der Waals surface area contributed by atoms with Crippen molar-refractivity contribution in [1.82, 2.24) is 0 Å². The molecule has 2 unspecified atom stereocenters. The number of ether oxygens (including phenoxy) is 1. The highest BCUT2D eigenvalue weighted by molar-refractivity contribution is 5.77. The number of hydrogen-bond donors (Lipinski definition) is 0. The van der Waals surface area contributed by atoms with Gasteiger partial charge in [-0.3, -0.25) is 4.79 Å². The fourth-order valence-corrected chi connectivity index (χ4v) is 3.07. The van der Waals surface area contributed by atoms with Crippen LogP contribution >= 0.6 is 0 Å². The van der Waals surface area contributed by atoms with Gasteiger partial charge in [-0.25, -0.2) is 0 Å². The van der Waals surface area contributed by atoms with Gasteiger partial charge in [-0.05, 0) is 49.1 Å². The molecule has 0 aliphatic heterocycles. The number of fused-ring (bicyclic) bond motifs is 1. The number of esters is 1. The highest BCUT2D eigenvalue weighted by Crippen LogP contribution is 2.44. The molecule has 2 atom stereocenters. The van der Waals surface area contributed by atoms with Gasteiger partial charge in [0.2, 0.25) is 0 Å². The Hall–Kier alpha value is -1.31. The summed E-state index contributed by atoms with van der Waals surface area (Å²) in [5.74, 6) is -0.0563. The maximum Gasteiger partial charge on any atom is 0.312 e. The van der Waals surface area contributed by atoms with Crippen LogP contribution in [0.4, 0.5) is 0 Å². The molecule has 2 nitrogen and oxygen atoms in total. The van der Waals surface area contributed by atoms with Gasteiger partial charge in [-0.1, -0.05) is 52.0 Å². The predicted octanol–water partition coefficient (Wildman–Crippen LogP) is 5.07. The first-order valence-electron chi connectivity index (χ1n) is 8.08. The molecule has 0 spiro atoms. The van der Waals surface area contributed by atoms with Crippen LogP contribution in [0, 0.1) is 10.8 Å². The minimum Gasteiger partial charge on any atom is -0.457 e. The van der Waals surface area contributed by atoms with Crippen LogP contribution in [-0.4, -0.2) is 5.97 Å². The molecule has 0 N–H and O–H groups in total. The third kappa shape index (κ3) is 3.00. The molecule has 1 aliphatic rings. The molecule has 1 aromatic carbocycles. The molecule has 0 heterocycles. The van der Waals surface area contributed by atoms with Crippen molar-refractivity contribution >= 4 is 5.97 Å². The van der Waals surface area contributed by atoms with E-state index in [0.717, 1.165) is 25.7 Å². The van der Waals surface area contributed by atoms with Crippen molar-refractivity contribution in [1.29, 1.82) is 0 Å². The lowest BCUT2D eigenvalue weighted by Crippen LogP contribution is -2.41. The van der Waals surface area contributed by atoms with Gasteiger partial charge in [-0.2, -0.15) is 0 Å². The zero-order valence-electron chi connectivity index (χ0n) is 14.0. The minimum atomic E-state index is -0.445. The average molecular weight is 288 g/mol. The number of rotatable bonds is 3. The zero-order valence-corrected chi connectivity index (χ0v) is 14.0. The van der Waals surface area contributed by atoms with Gasteiger partial charge in [0.25, 0.3) is 0 Å². The summed E-state index contributed by atoms with van der Waals surface area (Å²) in [7, 11) is 0. The van der Waals surface area contributed by atoms with Crippen molar-refractivity contribution in [3.8, 4) is 0 Å². The summed E-state index contributed by atoms with van der Waals surface area (Å²) >= 11 is 0. The predicted molar refractivity (Wildman–Crippen MR) is 86.1 cm³/mol. The van der Waals surface area contributed by atoms with Crippen LogP contribution in [0.15, 0.2) is 24.3 Å². The Morgan fingerprint density at radius 1 is 1.24 bits per heavy atom. The van der Waals surface area contributed by atoms with Gasteiger partial charge in [-0.15, -0.1) is 0 Å². The van der Waals surface area contributed by atoms with Gasteiger partial charge >= 0.3 is 5.97 Å². The maximum atomic E-state index is 12.8. The molecule has 21 heavy (non-hydrogen) atoms. The summed E-state index contributed by atoms with van der Waals surface area (Å²) in [6, 6.07) is 8.35. The van der Waals surface area contributed by atoms with E-state index in [1.165, 1.54) is 11.1 Å². The summed E-state index contributed by atoms with van der Waals surface area (Å²) in [6.45, 7) is 10.5. The topological polar surface area (TPSA) is 26.3 Å². The summed E-state index contributed by atoms with van der Waals surface area (Å²) in [4.78, 5) is 12.8. The van der Waals surface area contributed by atoms with Crippen LogP contribution in [0.3, 0.4) is 0 Å². The molecule has 0 fully saturated rings. The first-order valence-corrected chi connectivity index (χ1v) is 8.08. The summed E-state index contributed by atoms with van der Waals surface area (Å²) in [6.07, 6.45) is 3.84. The molecule has 0 saturated heterocycles. The van der Waals surface area contributed by atoms with E-state index < -0.39 is 5.41 Å². The second-order valence-electron chi connectivity index (χ2n) is 7.42.